The molecule has 1 unspecified atom stereocenters. The summed E-state index contributed by atoms with van der Waals surface area (Å²) in [4.78, 5) is 0. The van der Waals surface area contributed by atoms with Gasteiger partial charge in [-0.3, -0.25) is 0 Å². The van der Waals surface area contributed by atoms with Crippen LogP contribution in [0.1, 0.15) is 19.8 Å². The average Bonchev–Trinajstić information content (AvgIpc) is 2.83. The van der Waals surface area contributed by atoms with E-state index < -0.39 is 10.0 Å². The van der Waals surface area contributed by atoms with Gasteiger partial charge in [-0.2, -0.15) is 0 Å². The Balaban J connectivity index is 2.26. The van der Waals surface area contributed by atoms with Gasteiger partial charge in [-0.05, 0) is 24.7 Å². The van der Waals surface area contributed by atoms with Crippen LogP contribution in [-0.2, 0) is 10.0 Å². The lowest BCUT2D eigenvalue weighted by atomic mass is 10.3. The molecular weight excluding hydrogens is 210 g/mol. The van der Waals surface area contributed by atoms with Gasteiger partial charge in [0, 0.05) is 12.4 Å². The second-order valence-electron chi connectivity index (χ2n) is 3.83. The topological polar surface area (TPSA) is 46.2 Å². The van der Waals surface area contributed by atoms with E-state index in [-0.39, 0.29) is 11.7 Å². The number of sulfonamides is 1. The summed E-state index contributed by atoms with van der Waals surface area (Å²) in [5.74, 6) is 1.15. The zero-order valence-electron chi connectivity index (χ0n) is 7.79. The fraction of sp³-hybridized carbons (Fsp3) is 1.00. The van der Waals surface area contributed by atoms with Crippen molar-refractivity contribution in [2.45, 2.75) is 19.8 Å². The standard InChI is InChI=1S/C8H16ClNO2S/c1-7(4-9)6-13(11,12)10-5-8-2-3-8/h7-8,10H,2-6H2,1H3. The molecule has 1 N–H and O–H groups in total. The summed E-state index contributed by atoms with van der Waals surface area (Å²) in [5.41, 5.74) is 0. The molecule has 1 aliphatic rings. The molecule has 1 aliphatic carbocycles. The maximum atomic E-state index is 11.4. The fourth-order valence-corrected chi connectivity index (χ4v) is 2.76. The molecule has 0 radical (unpaired) electrons. The predicted molar refractivity (Wildman–Crippen MR) is 54.4 cm³/mol. The number of nitrogens with one attached hydrogen (secondary N) is 1. The van der Waals surface area contributed by atoms with Crippen LogP contribution >= 0.6 is 11.6 Å². The first-order chi connectivity index (χ1) is 6.03. The minimum Gasteiger partial charge on any atom is -0.215 e. The summed E-state index contributed by atoms with van der Waals surface area (Å²) in [6.07, 6.45) is 2.32. The molecule has 0 bridgehead atoms. The zero-order chi connectivity index (χ0) is 9.90. The van der Waals surface area contributed by atoms with Crippen molar-refractivity contribution in [3.8, 4) is 0 Å². The molecule has 1 rings (SSSR count). The number of hydrogen-bond donors (Lipinski definition) is 1. The Bertz CT molecular complexity index is 249. The minimum absolute atomic E-state index is 0.0263. The van der Waals surface area contributed by atoms with E-state index in [4.69, 9.17) is 11.6 Å². The summed E-state index contributed by atoms with van der Waals surface area (Å²) in [6.45, 7) is 2.45. The Labute approximate surface area is 84.9 Å². The van der Waals surface area contributed by atoms with Gasteiger partial charge in [-0.25, -0.2) is 13.1 Å². The Morgan fingerprint density at radius 2 is 2.15 bits per heavy atom. The lowest BCUT2D eigenvalue weighted by molar-refractivity contribution is 0.565. The van der Waals surface area contributed by atoms with Crippen LogP contribution in [0.4, 0.5) is 0 Å². The highest BCUT2D eigenvalue weighted by Gasteiger charge is 2.24. The van der Waals surface area contributed by atoms with E-state index in [0.29, 0.717) is 18.3 Å². The van der Waals surface area contributed by atoms with E-state index in [1.807, 2.05) is 6.92 Å². The molecule has 0 aromatic carbocycles. The van der Waals surface area contributed by atoms with Crippen LogP contribution in [0.25, 0.3) is 0 Å². The van der Waals surface area contributed by atoms with Crippen LogP contribution in [0.2, 0.25) is 0 Å². The van der Waals surface area contributed by atoms with Gasteiger partial charge in [-0.1, -0.05) is 6.92 Å². The molecule has 0 amide bonds. The number of rotatable bonds is 6. The molecule has 0 heterocycles. The van der Waals surface area contributed by atoms with Crippen LogP contribution in [0, 0.1) is 11.8 Å². The summed E-state index contributed by atoms with van der Waals surface area (Å²) in [7, 11) is -3.08. The van der Waals surface area contributed by atoms with Crippen molar-refractivity contribution in [3.05, 3.63) is 0 Å². The molecule has 0 aromatic heterocycles. The van der Waals surface area contributed by atoms with Crippen LogP contribution in [0.3, 0.4) is 0 Å². The van der Waals surface area contributed by atoms with Crippen molar-refractivity contribution in [2.24, 2.45) is 11.8 Å². The maximum Gasteiger partial charge on any atom is 0.211 e. The van der Waals surface area contributed by atoms with Gasteiger partial charge in [0.25, 0.3) is 0 Å². The first-order valence-electron chi connectivity index (χ1n) is 4.57. The quantitative estimate of drug-likeness (QED) is 0.691. The van der Waals surface area contributed by atoms with E-state index in [0.717, 1.165) is 12.8 Å². The SMILES string of the molecule is CC(CCl)CS(=O)(=O)NCC1CC1. The Kier molecular flexibility index (Phi) is 4.01. The van der Waals surface area contributed by atoms with Gasteiger partial charge in [0.2, 0.25) is 10.0 Å². The van der Waals surface area contributed by atoms with Crippen LogP contribution < -0.4 is 4.72 Å². The van der Waals surface area contributed by atoms with E-state index in [1.165, 1.54) is 0 Å². The molecule has 3 nitrogen and oxygen atoms in total. The monoisotopic (exact) mass is 225 g/mol. The van der Waals surface area contributed by atoms with Crippen LogP contribution in [0.15, 0.2) is 0 Å². The lowest BCUT2D eigenvalue weighted by Crippen LogP contribution is -2.31. The zero-order valence-corrected chi connectivity index (χ0v) is 9.37. The van der Waals surface area contributed by atoms with Crippen molar-refractivity contribution in [1.29, 1.82) is 0 Å². The predicted octanol–water partition coefficient (Wildman–Crippen LogP) is 1.19. The molecule has 78 valence electrons. The van der Waals surface area contributed by atoms with Crippen molar-refractivity contribution < 1.29 is 8.42 Å². The van der Waals surface area contributed by atoms with Crippen molar-refractivity contribution >= 4 is 21.6 Å². The molecule has 1 saturated carbocycles. The first-order valence-corrected chi connectivity index (χ1v) is 6.75. The number of hydrogen-bond acceptors (Lipinski definition) is 2. The molecule has 1 atom stereocenters. The molecule has 0 spiro atoms. The molecule has 0 aromatic rings. The Morgan fingerprint density at radius 3 is 2.62 bits per heavy atom. The highest BCUT2D eigenvalue weighted by Crippen LogP contribution is 2.27. The number of halogens is 1. The number of alkyl halides is 1. The normalized spacial score (nSPS) is 20.2. The Morgan fingerprint density at radius 1 is 1.54 bits per heavy atom. The second kappa shape index (κ2) is 4.62. The average molecular weight is 226 g/mol. The van der Waals surface area contributed by atoms with E-state index in [1.54, 1.807) is 0 Å². The maximum absolute atomic E-state index is 11.4. The second-order valence-corrected chi connectivity index (χ2v) is 5.99. The van der Waals surface area contributed by atoms with Crippen LogP contribution in [-0.4, -0.2) is 26.6 Å². The Hall–Kier alpha value is 0.200. The van der Waals surface area contributed by atoms with Crippen LogP contribution in [0.5, 0.6) is 0 Å². The largest absolute Gasteiger partial charge is 0.215 e. The van der Waals surface area contributed by atoms with Crippen molar-refractivity contribution in [2.75, 3.05) is 18.2 Å². The molecule has 1 fully saturated rings. The van der Waals surface area contributed by atoms with Gasteiger partial charge in [-0.15, -0.1) is 11.6 Å². The van der Waals surface area contributed by atoms with Gasteiger partial charge < -0.3 is 0 Å². The smallest absolute Gasteiger partial charge is 0.211 e. The van der Waals surface area contributed by atoms with Gasteiger partial charge in [0.1, 0.15) is 0 Å². The summed E-state index contributed by atoms with van der Waals surface area (Å²) >= 11 is 5.54. The first kappa shape index (κ1) is 11.3. The third-order valence-corrected chi connectivity index (χ3v) is 4.20. The molecule has 13 heavy (non-hydrogen) atoms. The highest BCUT2D eigenvalue weighted by atomic mass is 35.5. The summed E-state index contributed by atoms with van der Waals surface area (Å²) < 4.78 is 25.3. The third-order valence-electron chi connectivity index (χ3n) is 2.06. The molecular formula is C8H16ClNO2S. The lowest BCUT2D eigenvalue weighted by Gasteiger charge is -2.09. The van der Waals surface area contributed by atoms with Gasteiger partial charge in [0.15, 0.2) is 0 Å². The highest BCUT2D eigenvalue weighted by molar-refractivity contribution is 7.89. The van der Waals surface area contributed by atoms with E-state index in [9.17, 15) is 8.42 Å². The fourth-order valence-electron chi connectivity index (χ4n) is 1.04. The minimum atomic E-state index is -3.08. The van der Waals surface area contributed by atoms with Gasteiger partial charge in [0.05, 0.1) is 5.75 Å². The van der Waals surface area contributed by atoms with Crippen molar-refractivity contribution in [1.82, 2.24) is 4.72 Å². The van der Waals surface area contributed by atoms with E-state index >= 15 is 0 Å². The third kappa shape index (κ3) is 4.84. The summed E-state index contributed by atoms with van der Waals surface area (Å²) in [6, 6.07) is 0. The molecule has 0 saturated heterocycles. The van der Waals surface area contributed by atoms with Crippen molar-refractivity contribution in [3.63, 3.8) is 0 Å². The van der Waals surface area contributed by atoms with E-state index in [2.05, 4.69) is 4.72 Å². The van der Waals surface area contributed by atoms with Gasteiger partial charge >= 0.3 is 0 Å². The summed E-state index contributed by atoms with van der Waals surface area (Å²) in [5, 5.41) is 0. The molecule has 0 aliphatic heterocycles. The molecule has 5 heteroatoms.